The van der Waals surface area contributed by atoms with Crippen molar-refractivity contribution in [1.29, 1.82) is 0 Å². The number of nitrogens with one attached hydrogen (secondary N) is 1. The van der Waals surface area contributed by atoms with E-state index in [4.69, 9.17) is 0 Å². The third-order valence-electron chi connectivity index (χ3n) is 5.63. The number of Topliss-reactive ketones (excluding diaryl/α,β-unsaturated/α-hetero) is 1. The highest BCUT2D eigenvalue weighted by Gasteiger charge is 2.38. The zero-order valence-electron chi connectivity index (χ0n) is 13.7. The van der Waals surface area contributed by atoms with Gasteiger partial charge in [-0.2, -0.15) is 5.10 Å². The molecular weight excluding hydrogens is 278 g/mol. The van der Waals surface area contributed by atoms with Crippen molar-refractivity contribution in [3.63, 3.8) is 0 Å². The van der Waals surface area contributed by atoms with Crippen molar-refractivity contribution in [2.45, 2.75) is 46.0 Å². The Balaban J connectivity index is 1.52. The van der Waals surface area contributed by atoms with Gasteiger partial charge in [-0.25, -0.2) is 0 Å². The normalized spacial score (nSPS) is 26.4. The fraction of sp³-hybridized carbons (Fsp3) is 0.706. The lowest BCUT2D eigenvalue weighted by atomic mass is 9.86. The molecule has 2 aliphatic carbocycles. The van der Waals surface area contributed by atoms with Crippen LogP contribution in [0.25, 0.3) is 0 Å². The van der Waals surface area contributed by atoms with Crippen molar-refractivity contribution in [1.82, 2.24) is 15.1 Å². The van der Waals surface area contributed by atoms with Crippen LogP contribution in [0.4, 0.5) is 0 Å². The molecule has 0 radical (unpaired) electrons. The molecule has 3 atom stereocenters. The summed E-state index contributed by atoms with van der Waals surface area (Å²) in [5.74, 6) is 1.57. The molecule has 1 amide bonds. The molecule has 0 unspecified atom stereocenters. The highest BCUT2D eigenvalue weighted by molar-refractivity contribution is 6.43. The van der Waals surface area contributed by atoms with Crippen molar-refractivity contribution in [3.05, 3.63) is 17.0 Å². The van der Waals surface area contributed by atoms with Crippen molar-refractivity contribution < 1.29 is 9.59 Å². The number of hydrogen-bond donors (Lipinski definition) is 1. The highest BCUT2D eigenvalue weighted by atomic mass is 16.2. The number of nitrogens with zero attached hydrogens (tertiary/aromatic N) is 2. The number of rotatable bonds is 5. The zero-order valence-corrected chi connectivity index (χ0v) is 13.7. The summed E-state index contributed by atoms with van der Waals surface area (Å²) >= 11 is 0. The number of carbonyl (C=O) groups excluding carboxylic acids is 2. The minimum absolute atomic E-state index is 0.444. The molecule has 0 spiro atoms. The lowest BCUT2D eigenvalue weighted by Crippen LogP contribution is -2.33. The molecule has 5 nitrogen and oxygen atoms in total. The van der Waals surface area contributed by atoms with Crippen LogP contribution >= 0.6 is 0 Å². The summed E-state index contributed by atoms with van der Waals surface area (Å²) in [6.07, 6.45) is 6.45. The number of fused-ring (bicyclic) bond motifs is 2. The molecule has 120 valence electrons. The topological polar surface area (TPSA) is 64.0 Å². The van der Waals surface area contributed by atoms with Crippen molar-refractivity contribution in [2.24, 2.45) is 24.8 Å². The molecule has 3 rings (SSSR count). The second-order valence-electron chi connectivity index (χ2n) is 6.98. The summed E-state index contributed by atoms with van der Waals surface area (Å²) in [4.78, 5) is 24.4. The first-order valence-corrected chi connectivity index (χ1v) is 8.30. The molecule has 2 bridgehead atoms. The van der Waals surface area contributed by atoms with Gasteiger partial charge >= 0.3 is 0 Å². The SMILES string of the molecule is Cc1nn(C)c(C)c1C(=O)C(=O)NCC[C@H]1C[C@H]2CC[C@H]1C2. The first-order valence-electron chi connectivity index (χ1n) is 8.30. The highest BCUT2D eigenvalue weighted by Crippen LogP contribution is 2.49. The molecule has 2 fully saturated rings. The molecule has 1 aromatic rings. The van der Waals surface area contributed by atoms with E-state index in [0.29, 0.717) is 17.8 Å². The molecule has 0 aliphatic heterocycles. The van der Waals surface area contributed by atoms with Gasteiger partial charge in [-0.3, -0.25) is 14.3 Å². The largest absolute Gasteiger partial charge is 0.349 e. The van der Waals surface area contributed by atoms with Gasteiger partial charge in [-0.05, 0) is 57.3 Å². The molecule has 2 saturated carbocycles. The number of amides is 1. The van der Waals surface area contributed by atoms with Crippen LogP contribution < -0.4 is 5.32 Å². The Kier molecular flexibility index (Phi) is 4.06. The van der Waals surface area contributed by atoms with Crippen LogP contribution in [0.5, 0.6) is 0 Å². The smallest absolute Gasteiger partial charge is 0.292 e. The summed E-state index contributed by atoms with van der Waals surface area (Å²) in [6, 6.07) is 0. The maximum Gasteiger partial charge on any atom is 0.292 e. The summed E-state index contributed by atoms with van der Waals surface area (Å²) < 4.78 is 1.64. The molecule has 2 aliphatic rings. The van der Waals surface area contributed by atoms with E-state index >= 15 is 0 Å². The number of aromatic nitrogens is 2. The van der Waals surface area contributed by atoms with Crippen LogP contribution in [-0.2, 0) is 11.8 Å². The number of aryl methyl sites for hydroxylation is 2. The van der Waals surface area contributed by atoms with Gasteiger partial charge in [0.05, 0.1) is 11.3 Å². The second kappa shape index (κ2) is 5.86. The Bertz CT molecular complexity index is 605. The lowest BCUT2D eigenvalue weighted by Gasteiger charge is -2.21. The third-order valence-corrected chi connectivity index (χ3v) is 5.63. The Labute approximate surface area is 131 Å². The number of carbonyl (C=O) groups is 2. The Morgan fingerprint density at radius 2 is 2.05 bits per heavy atom. The zero-order chi connectivity index (χ0) is 15.9. The van der Waals surface area contributed by atoms with E-state index in [-0.39, 0.29) is 0 Å². The van der Waals surface area contributed by atoms with Gasteiger partial charge < -0.3 is 5.32 Å². The first kappa shape index (κ1) is 15.3. The molecule has 5 heteroatoms. The van der Waals surface area contributed by atoms with E-state index in [1.165, 1.54) is 25.7 Å². The maximum absolute atomic E-state index is 12.3. The third kappa shape index (κ3) is 2.69. The average molecular weight is 303 g/mol. The first-order chi connectivity index (χ1) is 10.5. The van der Waals surface area contributed by atoms with Gasteiger partial charge in [0.2, 0.25) is 0 Å². The lowest BCUT2D eigenvalue weighted by molar-refractivity contribution is -0.117. The van der Waals surface area contributed by atoms with Gasteiger partial charge in [0.15, 0.2) is 0 Å². The van der Waals surface area contributed by atoms with Gasteiger partial charge in [-0.15, -0.1) is 0 Å². The molecule has 1 aromatic heterocycles. The Hall–Kier alpha value is -1.65. The molecule has 0 aromatic carbocycles. The van der Waals surface area contributed by atoms with Crippen LogP contribution in [0, 0.1) is 31.6 Å². The monoisotopic (exact) mass is 303 g/mol. The molecule has 22 heavy (non-hydrogen) atoms. The molecular formula is C17H25N3O2. The van der Waals surface area contributed by atoms with Crippen LogP contribution in [0.2, 0.25) is 0 Å². The Morgan fingerprint density at radius 3 is 2.59 bits per heavy atom. The molecule has 0 saturated heterocycles. The van der Waals surface area contributed by atoms with E-state index < -0.39 is 11.7 Å². The van der Waals surface area contributed by atoms with E-state index in [9.17, 15) is 9.59 Å². The predicted octanol–water partition coefficient (Wildman–Crippen LogP) is 2.16. The maximum atomic E-state index is 12.3. The van der Waals surface area contributed by atoms with Crippen LogP contribution in [0.15, 0.2) is 0 Å². The fourth-order valence-corrected chi connectivity index (χ4v) is 4.40. The summed E-state index contributed by atoms with van der Waals surface area (Å²) in [5, 5.41) is 7.00. The number of ketones is 1. The number of hydrogen-bond acceptors (Lipinski definition) is 3. The second-order valence-corrected chi connectivity index (χ2v) is 6.98. The van der Waals surface area contributed by atoms with Gasteiger partial charge in [0.1, 0.15) is 0 Å². The minimum atomic E-state index is -0.498. The van der Waals surface area contributed by atoms with Crippen LogP contribution in [-0.4, -0.2) is 28.0 Å². The molecule has 1 heterocycles. The van der Waals surface area contributed by atoms with Gasteiger partial charge in [-0.1, -0.05) is 6.42 Å². The van der Waals surface area contributed by atoms with E-state index in [1.54, 1.807) is 18.7 Å². The van der Waals surface area contributed by atoms with E-state index in [1.807, 2.05) is 6.92 Å². The quantitative estimate of drug-likeness (QED) is 0.669. The van der Waals surface area contributed by atoms with Gasteiger partial charge in [0.25, 0.3) is 11.7 Å². The van der Waals surface area contributed by atoms with Crippen LogP contribution in [0.1, 0.15) is 53.8 Å². The van der Waals surface area contributed by atoms with E-state index in [2.05, 4.69) is 10.4 Å². The fourth-order valence-electron chi connectivity index (χ4n) is 4.40. The summed E-state index contributed by atoms with van der Waals surface area (Å²) in [7, 11) is 1.78. The molecule has 1 N–H and O–H groups in total. The Morgan fingerprint density at radius 1 is 1.27 bits per heavy atom. The standard InChI is InChI=1S/C17H25N3O2/c1-10-15(11(2)20(3)19-10)16(21)17(22)18-7-6-14-9-12-4-5-13(14)8-12/h12-14H,4-9H2,1-3H3,(H,18,22)/t12-,13-,14-/m0/s1. The van der Waals surface area contributed by atoms with Crippen LogP contribution in [0.3, 0.4) is 0 Å². The average Bonchev–Trinajstić information content (AvgIpc) is 3.14. The van der Waals surface area contributed by atoms with E-state index in [0.717, 1.165) is 29.9 Å². The van der Waals surface area contributed by atoms with Crippen molar-refractivity contribution >= 4 is 11.7 Å². The van der Waals surface area contributed by atoms with Gasteiger partial charge in [0, 0.05) is 19.3 Å². The minimum Gasteiger partial charge on any atom is -0.349 e. The van der Waals surface area contributed by atoms with Crippen molar-refractivity contribution in [2.75, 3.05) is 6.54 Å². The predicted molar refractivity (Wildman–Crippen MR) is 83.6 cm³/mol. The summed E-state index contributed by atoms with van der Waals surface area (Å²) in [6.45, 7) is 4.19. The van der Waals surface area contributed by atoms with Crippen molar-refractivity contribution in [3.8, 4) is 0 Å². The summed E-state index contributed by atoms with van der Waals surface area (Å²) in [5.41, 5.74) is 1.80.